The van der Waals surface area contributed by atoms with Crippen LogP contribution in [0.5, 0.6) is 0 Å². The molecule has 0 aliphatic carbocycles. The molecule has 0 aromatic rings. The number of rotatable bonds is 17. The third-order valence-electron chi connectivity index (χ3n) is 7.07. The van der Waals surface area contributed by atoms with Crippen LogP contribution in [-0.4, -0.2) is 142 Å². The van der Waals surface area contributed by atoms with E-state index in [1.165, 1.54) is 0 Å². The van der Waals surface area contributed by atoms with Crippen LogP contribution < -0.4 is 5.32 Å². The quantitative estimate of drug-likeness (QED) is 0.0701. The Bertz CT molecular complexity index is 733. The SMILES string of the molecule is CCCCCOC(C)(COC(=O)N[C@@H]1[C@@H](O)[C@H](O[C@H]2O[C@H](CO)[C@@H](O)[C@H](O)[C@H]2O)[C@@H](CO)O[C@H]1O)OCCCCC. The number of unbranched alkanes of at least 4 members (excludes halogenated alkanes) is 4. The average Bonchev–Trinajstić information content (AvgIpc) is 2.96. The summed E-state index contributed by atoms with van der Waals surface area (Å²) < 4.78 is 33.3. The second-order valence-corrected chi connectivity index (χ2v) is 10.5. The molecule has 0 bridgehead atoms. The van der Waals surface area contributed by atoms with Crippen LogP contribution in [0.1, 0.15) is 59.3 Å². The number of nitrogens with one attached hydrogen (secondary N) is 1. The number of carbonyl (C=O) groups is 1. The molecule has 41 heavy (non-hydrogen) atoms. The van der Waals surface area contributed by atoms with Gasteiger partial charge in [-0.25, -0.2) is 4.79 Å². The summed E-state index contributed by atoms with van der Waals surface area (Å²) in [5.41, 5.74) is 0. The van der Waals surface area contributed by atoms with Crippen LogP contribution in [0.4, 0.5) is 4.79 Å². The van der Waals surface area contributed by atoms with E-state index in [-0.39, 0.29) is 6.61 Å². The monoisotopic (exact) mass is 599 g/mol. The molecule has 0 aromatic carbocycles. The van der Waals surface area contributed by atoms with Crippen molar-refractivity contribution in [3.05, 3.63) is 0 Å². The molecule has 2 saturated heterocycles. The molecule has 0 saturated carbocycles. The number of aliphatic hydroxyl groups excluding tert-OH is 7. The molecule has 2 aliphatic rings. The van der Waals surface area contributed by atoms with Crippen LogP contribution in [0.15, 0.2) is 0 Å². The van der Waals surface area contributed by atoms with Gasteiger partial charge < -0.3 is 69.5 Å². The highest BCUT2D eigenvalue weighted by molar-refractivity contribution is 5.67. The van der Waals surface area contributed by atoms with E-state index in [1.807, 2.05) is 0 Å². The van der Waals surface area contributed by atoms with Gasteiger partial charge in [0, 0.05) is 0 Å². The number of alkyl carbamates (subject to hydrolysis) is 1. The molecule has 8 N–H and O–H groups in total. The molecule has 15 heteroatoms. The number of hydrogen-bond acceptors (Lipinski definition) is 14. The highest BCUT2D eigenvalue weighted by Crippen LogP contribution is 2.29. The van der Waals surface area contributed by atoms with E-state index in [0.717, 1.165) is 38.5 Å². The van der Waals surface area contributed by atoms with E-state index in [4.69, 9.17) is 28.4 Å². The molecular formula is C26H49NO14. The Balaban J connectivity index is 2.03. The number of ether oxygens (including phenoxy) is 6. The van der Waals surface area contributed by atoms with Gasteiger partial charge in [-0.2, -0.15) is 0 Å². The fourth-order valence-electron chi connectivity index (χ4n) is 4.52. The van der Waals surface area contributed by atoms with E-state index in [1.54, 1.807) is 6.92 Å². The summed E-state index contributed by atoms with van der Waals surface area (Å²) in [4.78, 5) is 12.7. The zero-order chi connectivity index (χ0) is 30.6. The van der Waals surface area contributed by atoms with Gasteiger partial charge in [-0.15, -0.1) is 0 Å². The predicted octanol–water partition coefficient (Wildman–Crippen LogP) is -1.53. The van der Waals surface area contributed by atoms with Crippen LogP contribution in [0.2, 0.25) is 0 Å². The van der Waals surface area contributed by atoms with Gasteiger partial charge in [0.05, 0.1) is 26.4 Å². The van der Waals surface area contributed by atoms with Crippen molar-refractivity contribution in [3.8, 4) is 0 Å². The highest BCUT2D eigenvalue weighted by Gasteiger charge is 2.51. The van der Waals surface area contributed by atoms with Gasteiger partial charge in [0.15, 0.2) is 18.4 Å². The zero-order valence-corrected chi connectivity index (χ0v) is 24.0. The van der Waals surface area contributed by atoms with Gasteiger partial charge in [-0.1, -0.05) is 39.5 Å². The molecule has 0 unspecified atom stereocenters. The molecular weight excluding hydrogens is 550 g/mol. The molecule has 2 aliphatic heterocycles. The van der Waals surface area contributed by atoms with Crippen molar-refractivity contribution < 1.29 is 69.0 Å². The van der Waals surface area contributed by atoms with Gasteiger partial charge in [-0.05, 0) is 19.8 Å². The van der Waals surface area contributed by atoms with Crippen molar-refractivity contribution in [1.29, 1.82) is 0 Å². The van der Waals surface area contributed by atoms with Gasteiger partial charge >= 0.3 is 6.09 Å². The first-order valence-corrected chi connectivity index (χ1v) is 14.3. The standard InChI is InChI=1S/C26H49NO14/c1-4-6-8-10-37-26(3,38-11-9-7-5-2)14-36-25(35)27-17-19(31)22(16(13-29)39-23(17)34)41-24-21(33)20(32)18(30)15(12-28)40-24/h15-24,28-34H,4-14H2,1-3H3,(H,27,35)/t15-,16-,17-,18-,19-,20+,21-,22-,23-,24-/m1/s1. The minimum absolute atomic E-state index is 0.291. The molecule has 15 nitrogen and oxygen atoms in total. The summed E-state index contributed by atoms with van der Waals surface area (Å²) >= 11 is 0. The third kappa shape index (κ3) is 10.5. The van der Waals surface area contributed by atoms with Crippen LogP contribution in [0.3, 0.4) is 0 Å². The topological polar surface area (TPSA) is 226 Å². The second-order valence-electron chi connectivity index (χ2n) is 10.5. The summed E-state index contributed by atoms with van der Waals surface area (Å²) in [6, 6.07) is -1.51. The molecule has 242 valence electrons. The van der Waals surface area contributed by atoms with E-state index in [2.05, 4.69) is 19.2 Å². The van der Waals surface area contributed by atoms with Crippen LogP contribution in [-0.2, 0) is 28.4 Å². The minimum atomic E-state index is -1.80. The normalized spacial score (nSPS) is 34.4. The number of amides is 1. The zero-order valence-electron chi connectivity index (χ0n) is 24.0. The molecule has 1 amide bonds. The lowest BCUT2D eigenvalue weighted by atomic mass is 9.95. The molecule has 0 aromatic heterocycles. The fraction of sp³-hybridized carbons (Fsp3) is 0.962. The van der Waals surface area contributed by atoms with Gasteiger partial charge in [0.25, 0.3) is 0 Å². The first-order valence-electron chi connectivity index (χ1n) is 14.3. The van der Waals surface area contributed by atoms with Gasteiger partial charge in [0.1, 0.15) is 55.4 Å². The third-order valence-corrected chi connectivity index (χ3v) is 7.07. The molecule has 10 atom stereocenters. The average molecular weight is 600 g/mol. The van der Waals surface area contributed by atoms with Crippen molar-refractivity contribution in [2.24, 2.45) is 0 Å². The maximum atomic E-state index is 12.7. The molecule has 0 radical (unpaired) electrons. The van der Waals surface area contributed by atoms with Crippen molar-refractivity contribution in [2.45, 2.75) is 126 Å². The lowest BCUT2D eigenvalue weighted by Gasteiger charge is -2.46. The molecule has 2 rings (SSSR count). The number of hydrogen-bond donors (Lipinski definition) is 8. The van der Waals surface area contributed by atoms with Crippen molar-refractivity contribution in [1.82, 2.24) is 5.32 Å². The van der Waals surface area contributed by atoms with E-state index in [9.17, 15) is 40.5 Å². The smallest absolute Gasteiger partial charge is 0.407 e. The maximum absolute atomic E-state index is 12.7. The lowest BCUT2D eigenvalue weighted by Crippen LogP contribution is -2.67. The Labute approximate surface area is 240 Å². The molecule has 2 heterocycles. The van der Waals surface area contributed by atoms with Gasteiger partial charge in [-0.3, -0.25) is 0 Å². The second kappa shape index (κ2) is 17.8. The Morgan fingerprint density at radius 3 is 1.93 bits per heavy atom. The Hall–Kier alpha value is -1.21. The number of carbonyl (C=O) groups excluding carboxylic acids is 1. The van der Waals surface area contributed by atoms with Crippen molar-refractivity contribution in [3.63, 3.8) is 0 Å². The molecule has 2 fully saturated rings. The Kier molecular flexibility index (Phi) is 15.6. The van der Waals surface area contributed by atoms with E-state index in [0.29, 0.717) is 13.2 Å². The minimum Gasteiger partial charge on any atom is -0.444 e. The van der Waals surface area contributed by atoms with Crippen LogP contribution >= 0.6 is 0 Å². The first kappa shape index (κ1) is 36.0. The van der Waals surface area contributed by atoms with Crippen LogP contribution in [0.25, 0.3) is 0 Å². The summed E-state index contributed by atoms with van der Waals surface area (Å²) in [6.07, 6.45) is -9.98. The Morgan fingerprint density at radius 2 is 1.39 bits per heavy atom. The van der Waals surface area contributed by atoms with Gasteiger partial charge in [0.2, 0.25) is 0 Å². The summed E-state index contributed by atoms with van der Waals surface area (Å²) in [6.45, 7) is 4.84. The summed E-state index contributed by atoms with van der Waals surface area (Å²) in [5.74, 6) is -1.23. The fourth-order valence-corrected chi connectivity index (χ4v) is 4.52. The molecule has 0 spiro atoms. The summed E-state index contributed by atoms with van der Waals surface area (Å²) in [7, 11) is 0. The maximum Gasteiger partial charge on any atom is 0.407 e. The Morgan fingerprint density at radius 1 is 0.805 bits per heavy atom. The highest BCUT2D eigenvalue weighted by atomic mass is 16.7. The largest absolute Gasteiger partial charge is 0.444 e. The number of aliphatic hydroxyl groups is 7. The predicted molar refractivity (Wildman–Crippen MR) is 140 cm³/mol. The van der Waals surface area contributed by atoms with E-state index >= 15 is 0 Å². The van der Waals surface area contributed by atoms with Crippen molar-refractivity contribution >= 4 is 6.09 Å². The van der Waals surface area contributed by atoms with Crippen LogP contribution in [0, 0.1) is 0 Å². The lowest BCUT2D eigenvalue weighted by molar-refractivity contribution is -0.345. The van der Waals surface area contributed by atoms with Crippen molar-refractivity contribution in [2.75, 3.05) is 33.0 Å². The van der Waals surface area contributed by atoms with E-state index < -0.39 is 86.4 Å². The first-order chi connectivity index (χ1) is 19.5. The summed E-state index contributed by atoms with van der Waals surface area (Å²) in [5, 5.41) is 73.2.